The lowest BCUT2D eigenvalue weighted by Gasteiger charge is -2.29. The highest BCUT2D eigenvalue weighted by Crippen LogP contribution is 2.41. The topological polar surface area (TPSA) is 8.17 Å². The summed E-state index contributed by atoms with van der Waals surface area (Å²) >= 11 is 1.88. The molecule has 0 aliphatic heterocycles. The van der Waals surface area contributed by atoms with Crippen LogP contribution in [-0.2, 0) is 0 Å². The van der Waals surface area contributed by atoms with Crippen molar-refractivity contribution in [2.45, 2.75) is 12.3 Å². The molecule has 3 heteroatoms. The lowest BCUT2D eigenvalue weighted by molar-refractivity contribution is 0.842. The molecule has 10 rings (SSSR count). The molecule has 1 aliphatic carbocycles. The molecule has 7 aromatic carbocycles. The van der Waals surface area contributed by atoms with Crippen LogP contribution in [0.5, 0.6) is 0 Å². The van der Waals surface area contributed by atoms with Gasteiger partial charge in [0.15, 0.2) is 0 Å². The molecular formula is C48H34N2S. The molecule has 2 aromatic heterocycles. The fraction of sp³-hybridized carbons (Fsp3) is 0.0417. The van der Waals surface area contributed by atoms with Crippen molar-refractivity contribution in [3.05, 3.63) is 199 Å². The first-order valence-electron chi connectivity index (χ1n) is 17.6. The molecule has 0 spiro atoms. The van der Waals surface area contributed by atoms with Crippen molar-refractivity contribution in [1.29, 1.82) is 0 Å². The van der Waals surface area contributed by atoms with Gasteiger partial charge in [-0.2, -0.15) is 0 Å². The third kappa shape index (κ3) is 5.17. The second-order valence-electron chi connectivity index (χ2n) is 13.3. The number of rotatable bonds is 6. The Hall–Kier alpha value is -6.16. The first-order valence-corrected chi connectivity index (χ1v) is 18.4. The van der Waals surface area contributed by atoms with Crippen LogP contribution in [0, 0.1) is 0 Å². The average molecular weight is 671 g/mol. The smallest absolute Gasteiger partial charge is 0.0542 e. The van der Waals surface area contributed by atoms with Gasteiger partial charge >= 0.3 is 0 Å². The van der Waals surface area contributed by atoms with Crippen LogP contribution in [0.3, 0.4) is 0 Å². The standard InChI is InChI=1S/C48H34N2S/c1-3-11-33(12-4-1)34-19-24-38(25-20-34)49(39-26-21-35(22-27-39)36-23-30-48-44(31-36)42-16-8-10-18-47(42)51-48)40-28-29-46-43(32-40)41-15-7-9-17-45(41)50(46)37-13-5-2-6-14-37/h1-21,23-32,35H,22H2. The van der Waals surface area contributed by atoms with E-state index in [1.807, 2.05) is 11.3 Å². The van der Waals surface area contributed by atoms with E-state index in [0.29, 0.717) is 5.92 Å². The number of benzene rings is 7. The lowest BCUT2D eigenvalue weighted by Crippen LogP contribution is -2.17. The predicted molar refractivity (Wildman–Crippen MR) is 219 cm³/mol. The maximum Gasteiger partial charge on any atom is 0.0542 e. The van der Waals surface area contributed by atoms with Gasteiger partial charge in [0.05, 0.1) is 11.0 Å². The Morgan fingerprint density at radius 3 is 1.98 bits per heavy atom. The minimum absolute atomic E-state index is 0.324. The van der Waals surface area contributed by atoms with Crippen molar-refractivity contribution in [3.8, 4) is 16.8 Å². The molecule has 1 unspecified atom stereocenters. The molecule has 0 N–H and O–H groups in total. The molecule has 0 saturated heterocycles. The van der Waals surface area contributed by atoms with Crippen molar-refractivity contribution >= 4 is 64.7 Å². The van der Waals surface area contributed by atoms with E-state index in [-0.39, 0.29) is 0 Å². The lowest BCUT2D eigenvalue weighted by atomic mass is 9.90. The van der Waals surface area contributed by atoms with Crippen molar-refractivity contribution in [1.82, 2.24) is 4.57 Å². The monoisotopic (exact) mass is 670 g/mol. The summed E-state index contributed by atoms with van der Waals surface area (Å²) in [5.41, 5.74) is 10.9. The van der Waals surface area contributed by atoms with Gasteiger partial charge in [-0.05, 0) is 95.9 Å². The summed E-state index contributed by atoms with van der Waals surface area (Å²) in [6.07, 6.45) is 8.08. The van der Waals surface area contributed by atoms with Crippen LogP contribution in [0.4, 0.5) is 11.4 Å². The van der Waals surface area contributed by atoms with E-state index < -0.39 is 0 Å². The van der Waals surface area contributed by atoms with E-state index >= 15 is 0 Å². The SMILES string of the molecule is C1=CC(c2ccc3sc4ccccc4c3c2)CC=C1N(c1ccc(-c2ccccc2)cc1)c1ccc2c(c1)c1ccccc1n2-c1ccccc1. The number of anilines is 2. The van der Waals surface area contributed by atoms with E-state index in [2.05, 4.69) is 198 Å². The zero-order valence-corrected chi connectivity index (χ0v) is 28.8. The van der Waals surface area contributed by atoms with E-state index in [9.17, 15) is 0 Å². The molecule has 0 fully saturated rings. The highest BCUT2D eigenvalue weighted by Gasteiger charge is 2.21. The van der Waals surface area contributed by atoms with Crippen LogP contribution in [-0.4, -0.2) is 4.57 Å². The second kappa shape index (κ2) is 12.3. The van der Waals surface area contributed by atoms with Gasteiger partial charge < -0.3 is 9.47 Å². The van der Waals surface area contributed by atoms with E-state index in [0.717, 1.165) is 17.8 Å². The summed E-state index contributed by atoms with van der Waals surface area (Å²) in [4.78, 5) is 2.42. The summed E-state index contributed by atoms with van der Waals surface area (Å²) in [5, 5.41) is 5.21. The van der Waals surface area contributed by atoms with Crippen molar-refractivity contribution < 1.29 is 0 Å². The largest absolute Gasteiger partial charge is 0.311 e. The van der Waals surface area contributed by atoms with Gasteiger partial charge in [0.1, 0.15) is 0 Å². The summed E-state index contributed by atoms with van der Waals surface area (Å²) in [6, 6.07) is 61.8. The number of hydrogen-bond donors (Lipinski definition) is 0. The minimum atomic E-state index is 0.324. The van der Waals surface area contributed by atoms with Crippen molar-refractivity contribution in [2.75, 3.05) is 4.90 Å². The number of allylic oxidation sites excluding steroid dienone is 3. The van der Waals surface area contributed by atoms with E-state index in [1.54, 1.807) is 0 Å². The van der Waals surface area contributed by atoms with Gasteiger partial charge in [0.2, 0.25) is 0 Å². The van der Waals surface area contributed by atoms with Gasteiger partial charge in [-0.3, -0.25) is 0 Å². The highest BCUT2D eigenvalue weighted by molar-refractivity contribution is 7.25. The molecule has 2 nitrogen and oxygen atoms in total. The molecule has 1 atom stereocenters. The van der Waals surface area contributed by atoms with E-state index in [1.165, 1.54) is 70.1 Å². The molecule has 0 bridgehead atoms. The van der Waals surface area contributed by atoms with Gasteiger partial charge in [0, 0.05) is 59.6 Å². The Balaban J connectivity index is 1.07. The average Bonchev–Trinajstić information content (AvgIpc) is 3.74. The number of thiophene rings is 1. The van der Waals surface area contributed by atoms with Crippen LogP contribution in [0.15, 0.2) is 194 Å². The molecule has 0 saturated carbocycles. The zero-order chi connectivity index (χ0) is 33.7. The number of fused-ring (bicyclic) bond motifs is 6. The van der Waals surface area contributed by atoms with Gasteiger partial charge in [0.25, 0.3) is 0 Å². The normalized spacial score (nSPS) is 14.4. The molecule has 51 heavy (non-hydrogen) atoms. The van der Waals surface area contributed by atoms with Crippen LogP contribution < -0.4 is 4.90 Å². The first-order chi connectivity index (χ1) is 25.3. The fourth-order valence-electron chi connectivity index (χ4n) is 7.83. The maximum absolute atomic E-state index is 2.42. The van der Waals surface area contributed by atoms with Crippen LogP contribution in [0.2, 0.25) is 0 Å². The van der Waals surface area contributed by atoms with Gasteiger partial charge in [-0.15, -0.1) is 11.3 Å². The van der Waals surface area contributed by atoms with Crippen LogP contribution in [0.25, 0.3) is 58.8 Å². The fourth-order valence-corrected chi connectivity index (χ4v) is 8.92. The summed E-state index contributed by atoms with van der Waals surface area (Å²) in [6.45, 7) is 0. The summed E-state index contributed by atoms with van der Waals surface area (Å²) in [7, 11) is 0. The zero-order valence-electron chi connectivity index (χ0n) is 28.0. The molecule has 9 aromatic rings. The molecule has 2 heterocycles. The van der Waals surface area contributed by atoms with Gasteiger partial charge in [-0.25, -0.2) is 0 Å². The molecule has 242 valence electrons. The Morgan fingerprint density at radius 2 is 1.18 bits per heavy atom. The number of hydrogen-bond acceptors (Lipinski definition) is 2. The number of nitrogens with zero attached hydrogens (tertiary/aromatic N) is 2. The molecule has 0 amide bonds. The number of aromatic nitrogens is 1. The van der Waals surface area contributed by atoms with Crippen LogP contribution in [0.1, 0.15) is 17.9 Å². The minimum Gasteiger partial charge on any atom is -0.311 e. The summed E-state index contributed by atoms with van der Waals surface area (Å²) in [5.74, 6) is 0.324. The molecule has 0 radical (unpaired) electrons. The van der Waals surface area contributed by atoms with Crippen molar-refractivity contribution in [2.24, 2.45) is 0 Å². The Bertz CT molecular complexity index is 2770. The molecule has 1 aliphatic rings. The predicted octanol–water partition coefficient (Wildman–Crippen LogP) is 13.6. The van der Waals surface area contributed by atoms with Crippen LogP contribution >= 0.6 is 11.3 Å². The molecular weight excluding hydrogens is 637 g/mol. The highest BCUT2D eigenvalue weighted by atomic mass is 32.1. The number of para-hydroxylation sites is 2. The third-order valence-electron chi connectivity index (χ3n) is 10.3. The summed E-state index contributed by atoms with van der Waals surface area (Å²) < 4.78 is 5.08. The first kappa shape index (κ1) is 29.7. The maximum atomic E-state index is 2.42. The Kier molecular flexibility index (Phi) is 7.18. The van der Waals surface area contributed by atoms with Gasteiger partial charge in [-0.1, -0.05) is 115 Å². The third-order valence-corrected chi connectivity index (χ3v) is 11.5. The quantitative estimate of drug-likeness (QED) is 0.171. The van der Waals surface area contributed by atoms with E-state index in [4.69, 9.17) is 0 Å². The Morgan fingerprint density at radius 1 is 0.510 bits per heavy atom. The van der Waals surface area contributed by atoms with Crippen molar-refractivity contribution in [3.63, 3.8) is 0 Å². The Labute approximate surface area is 301 Å². The second-order valence-corrected chi connectivity index (χ2v) is 14.4.